The fourth-order valence-electron chi connectivity index (χ4n) is 1.64. The van der Waals surface area contributed by atoms with E-state index < -0.39 is 5.92 Å². The molecule has 0 fully saturated rings. The van der Waals surface area contributed by atoms with Crippen molar-refractivity contribution in [3.05, 3.63) is 30.5 Å². The topological polar surface area (TPSA) is 30.9 Å². The molecule has 2 nitrogen and oxygen atoms in total. The van der Waals surface area contributed by atoms with Crippen LogP contribution in [-0.2, 0) is 6.54 Å². The van der Waals surface area contributed by atoms with Gasteiger partial charge in [-0.2, -0.15) is 0 Å². The second-order valence-electron chi connectivity index (χ2n) is 3.83. The second kappa shape index (κ2) is 3.22. The van der Waals surface area contributed by atoms with Crippen molar-refractivity contribution in [3.8, 4) is 0 Å². The fraction of sp³-hybridized carbons (Fsp3) is 0.273. The van der Waals surface area contributed by atoms with Crippen LogP contribution in [0.2, 0.25) is 0 Å². The smallest absolute Gasteiger partial charge is 0.262 e. The van der Waals surface area contributed by atoms with Gasteiger partial charge in [-0.1, -0.05) is 6.07 Å². The summed E-state index contributed by atoms with van der Waals surface area (Å²) in [7, 11) is 0. The molecule has 2 rings (SSSR count). The molecule has 2 aromatic rings. The first-order chi connectivity index (χ1) is 6.96. The first-order valence-corrected chi connectivity index (χ1v) is 4.68. The maximum Gasteiger partial charge on any atom is 0.262 e. The van der Waals surface area contributed by atoms with Crippen molar-refractivity contribution in [3.63, 3.8) is 0 Å². The van der Waals surface area contributed by atoms with Crippen molar-refractivity contribution in [1.29, 1.82) is 0 Å². The molecule has 0 saturated heterocycles. The molecule has 0 amide bonds. The summed E-state index contributed by atoms with van der Waals surface area (Å²) in [6.07, 6.45) is 1.65. The number of halogens is 2. The minimum Gasteiger partial charge on any atom is -0.399 e. The lowest BCUT2D eigenvalue weighted by atomic mass is 10.2. The molecule has 0 radical (unpaired) electrons. The molecule has 1 aromatic heterocycles. The molecule has 1 aromatic carbocycles. The van der Waals surface area contributed by atoms with Crippen molar-refractivity contribution < 1.29 is 8.78 Å². The Bertz CT molecular complexity index is 483. The molecule has 0 aliphatic heterocycles. The van der Waals surface area contributed by atoms with Gasteiger partial charge in [0, 0.05) is 18.8 Å². The van der Waals surface area contributed by atoms with Crippen LogP contribution in [0.4, 0.5) is 14.5 Å². The Balaban J connectivity index is 2.48. The minimum atomic E-state index is -2.71. The zero-order valence-electron chi connectivity index (χ0n) is 8.37. The molecule has 0 bridgehead atoms. The van der Waals surface area contributed by atoms with Crippen molar-refractivity contribution in [1.82, 2.24) is 4.57 Å². The van der Waals surface area contributed by atoms with Crippen molar-refractivity contribution in [2.75, 3.05) is 5.73 Å². The van der Waals surface area contributed by atoms with Crippen LogP contribution < -0.4 is 5.73 Å². The van der Waals surface area contributed by atoms with E-state index in [0.29, 0.717) is 5.69 Å². The molecule has 1 heterocycles. The maximum absolute atomic E-state index is 12.9. The summed E-state index contributed by atoms with van der Waals surface area (Å²) in [5.74, 6) is -2.71. The number of hydrogen-bond donors (Lipinski definition) is 1. The van der Waals surface area contributed by atoms with E-state index in [2.05, 4.69) is 0 Å². The van der Waals surface area contributed by atoms with Gasteiger partial charge in [-0.05, 0) is 23.6 Å². The highest BCUT2D eigenvalue weighted by Gasteiger charge is 2.22. The Morgan fingerprint density at radius 3 is 2.73 bits per heavy atom. The van der Waals surface area contributed by atoms with Gasteiger partial charge in [0.1, 0.15) is 0 Å². The Labute approximate surface area is 86.3 Å². The Morgan fingerprint density at radius 1 is 1.33 bits per heavy atom. The van der Waals surface area contributed by atoms with Crippen LogP contribution in [-0.4, -0.2) is 10.5 Å². The number of aromatic nitrogens is 1. The average Bonchev–Trinajstić information content (AvgIpc) is 2.46. The van der Waals surface area contributed by atoms with Gasteiger partial charge in [0.2, 0.25) is 0 Å². The third-order valence-corrected chi connectivity index (χ3v) is 2.25. The molecule has 0 atom stereocenters. The van der Waals surface area contributed by atoms with Gasteiger partial charge in [0.15, 0.2) is 0 Å². The number of fused-ring (bicyclic) bond motifs is 1. The Kier molecular flexibility index (Phi) is 2.14. The Hall–Kier alpha value is -1.58. The highest BCUT2D eigenvalue weighted by molar-refractivity contribution is 5.83. The molecule has 4 heteroatoms. The van der Waals surface area contributed by atoms with E-state index in [-0.39, 0.29) is 6.54 Å². The van der Waals surface area contributed by atoms with Crippen molar-refractivity contribution in [2.45, 2.75) is 19.4 Å². The number of hydrogen-bond acceptors (Lipinski definition) is 1. The van der Waals surface area contributed by atoms with E-state index in [4.69, 9.17) is 5.73 Å². The average molecular weight is 210 g/mol. The lowest BCUT2D eigenvalue weighted by Gasteiger charge is -2.12. The Morgan fingerprint density at radius 2 is 2.07 bits per heavy atom. The van der Waals surface area contributed by atoms with Crippen LogP contribution in [0.25, 0.3) is 10.9 Å². The van der Waals surface area contributed by atoms with Gasteiger partial charge in [-0.25, -0.2) is 8.78 Å². The first-order valence-electron chi connectivity index (χ1n) is 4.68. The normalized spacial score (nSPS) is 12.2. The van der Waals surface area contributed by atoms with Gasteiger partial charge in [0.05, 0.1) is 12.1 Å². The summed E-state index contributed by atoms with van der Waals surface area (Å²) in [5.41, 5.74) is 6.95. The quantitative estimate of drug-likeness (QED) is 0.759. The van der Waals surface area contributed by atoms with E-state index in [0.717, 1.165) is 17.8 Å². The van der Waals surface area contributed by atoms with Crippen LogP contribution in [0.15, 0.2) is 30.5 Å². The summed E-state index contributed by atoms with van der Waals surface area (Å²) in [6, 6.07) is 7.10. The largest absolute Gasteiger partial charge is 0.399 e. The standard InChI is InChI=1S/C11H12F2N2/c1-11(12,13)7-15-5-4-8-2-3-9(14)6-10(8)15/h2-6H,7,14H2,1H3. The molecule has 0 saturated carbocycles. The molecule has 0 aliphatic rings. The third kappa shape index (κ3) is 2.09. The van der Waals surface area contributed by atoms with Crippen LogP contribution >= 0.6 is 0 Å². The van der Waals surface area contributed by atoms with E-state index in [9.17, 15) is 8.78 Å². The molecule has 15 heavy (non-hydrogen) atoms. The molecule has 0 unspecified atom stereocenters. The van der Waals surface area contributed by atoms with Crippen LogP contribution in [0.3, 0.4) is 0 Å². The summed E-state index contributed by atoms with van der Waals surface area (Å²) < 4.78 is 27.2. The molecule has 80 valence electrons. The molecular weight excluding hydrogens is 198 g/mol. The number of nitrogen functional groups attached to an aromatic ring is 1. The fourth-order valence-corrected chi connectivity index (χ4v) is 1.64. The van der Waals surface area contributed by atoms with Gasteiger partial charge in [0.25, 0.3) is 5.92 Å². The first kappa shape index (κ1) is 9.96. The van der Waals surface area contributed by atoms with Gasteiger partial charge in [-0.3, -0.25) is 0 Å². The van der Waals surface area contributed by atoms with Gasteiger partial charge in [-0.15, -0.1) is 0 Å². The van der Waals surface area contributed by atoms with Gasteiger partial charge < -0.3 is 10.3 Å². The number of anilines is 1. The molecule has 0 aliphatic carbocycles. The lowest BCUT2D eigenvalue weighted by molar-refractivity contribution is 0.00510. The lowest BCUT2D eigenvalue weighted by Crippen LogP contribution is -2.18. The predicted molar refractivity (Wildman–Crippen MR) is 57.0 cm³/mol. The summed E-state index contributed by atoms with van der Waals surface area (Å²) in [6.45, 7) is 0.588. The van der Waals surface area contributed by atoms with E-state index >= 15 is 0 Å². The zero-order chi connectivity index (χ0) is 11.1. The SMILES string of the molecule is CC(F)(F)Cn1ccc2ccc(N)cc21. The van der Waals surface area contributed by atoms with Gasteiger partial charge >= 0.3 is 0 Å². The zero-order valence-corrected chi connectivity index (χ0v) is 8.37. The summed E-state index contributed by atoms with van der Waals surface area (Å²) in [4.78, 5) is 0. The second-order valence-corrected chi connectivity index (χ2v) is 3.83. The van der Waals surface area contributed by atoms with E-state index in [1.54, 1.807) is 24.4 Å². The monoisotopic (exact) mass is 210 g/mol. The van der Waals surface area contributed by atoms with Crippen molar-refractivity contribution >= 4 is 16.6 Å². The highest BCUT2D eigenvalue weighted by atomic mass is 19.3. The molecular formula is C11H12F2N2. The number of nitrogens with two attached hydrogens (primary N) is 1. The minimum absolute atomic E-state index is 0.319. The number of rotatable bonds is 2. The maximum atomic E-state index is 12.9. The van der Waals surface area contributed by atoms with E-state index in [1.165, 1.54) is 4.57 Å². The van der Waals surface area contributed by atoms with Crippen molar-refractivity contribution in [2.24, 2.45) is 0 Å². The molecule has 2 N–H and O–H groups in total. The summed E-state index contributed by atoms with van der Waals surface area (Å²) >= 11 is 0. The summed E-state index contributed by atoms with van der Waals surface area (Å²) in [5, 5.41) is 0.924. The van der Waals surface area contributed by atoms with Crippen LogP contribution in [0.5, 0.6) is 0 Å². The highest BCUT2D eigenvalue weighted by Crippen LogP contribution is 2.22. The van der Waals surface area contributed by atoms with E-state index in [1.807, 2.05) is 6.07 Å². The predicted octanol–water partition coefficient (Wildman–Crippen LogP) is 2.88. The molecule has 0 spiro atoms. The third-order valence-electron chi connectivity index (χ3n) is 2.25. The van der Waals surface area contributed by atoms with Crippen LogP contribution in [0.1, 0.15) is 6.92 Å². The number of nitrogens with zero attached hydrogens (tertiary/aromatic N) is 1. The van der Waals surface area contributed by atoms with Crippen LogP contribution in [0, 0.1) is 0 Å². The number of benzene rings is 1. The number of alkyl halides is 2.